The van der Waals surface area contributed by atoms with Crippen LogP contribution < -0.4 is 14.8 Å². The molecule has 0 atom stereocenters. The van der Waals surface area contributed by atoms with Gasteiger partial charge in [0, 0.05) is 19.2 Å². The van der Waals surface area contributed by atoms with E-state index < -0.39 is 24.5 Å². The lowest BCUT2D eigenvalue weighted by molar-refractivity contribution is -0.146. The maximum atomic E-state index is 11.8. The first-order chi connectivity index (χ1) is 13.3. The number of methoxy groups -OCH3 is 1. The number of nitrogens with zero attached hydrogens (tertiary/aromatic N) is 1. The van der Waals surface area contributed by atoms with Gasteiger partial charge in [-0.15, -0.1) is 0 Å². The molecule has 1 saturated heterocycles. The minimum atomic E-state index is -0.719. The molecule has 28 heavy (non-hydrogen) atoms. The molecule has 1 N–H and O–H groups in total. The van der Waals surface area contributed by atoms with Crippen molar-refractivity contribution in [3.8, 4) is 11.5 Å². The second kappa shape index (κ2) is 9.98. The van der Waals surface area contributed by atoms with E-state index >= 15 is 0 Å². The van der Waals surface area contributed by atoms with Crippen molar-refractivity contribution in [1.29, 1.82) is 0 Å². The van der Waals surface area contributed by atoms with E-state index in [0.29, 0.717) is 41.2 Å². The molecule has 8 nitrogen and oxygen atoms in total. The van der Waals surface area contributed by atoms with Gasteiger partial charge in [0.05, 0.1) is 18.7 Å². The van der Waals surface area contributed by atoms with Gasteiger partial charge in [-0.25, -0.2) is 9.59 Å². The molecule has 1 aromatic rings. The van der Waals surface area contributed by atoms with Gasteiger partial charge in [-0.05, 0) is 29.7 Å². The molecule has 0 bridgehead atoms. The summed E-state index contributed by atoms with van der Waals surface area (Å²) >= 11 is 6.26. The molecule has 0 radical (unpaired) electrons. The number of benzene rings is 1. The molecule has 1 heterocycles. The number of halogens is 1. The summed E-state index contributed by atoms with van der Waals surface area (Å²) in [7, 11) is 1.50. The number of carbonyl (C=O) groups excluding carboxylic acids is 3. The van der Waals surface area contributed by atoms with Crippen LogP contribution in [0, 0.1) is 5.92 Å². The first-order valence-electron chi connectivity index (χ1n) is 8.75. The zero-order chi connectivity index (χ0) is 20.7. The lowest BCUT2D eigenvalue weighted by Crippen LogP contribution is -2.37. The number of carbonyl (C=O) groups is 3. The lowest BCUT2D eigenvalue weighted by Gasteiger charge is -2.14. The Hall–Kier alpha value is -2.74. The highest BCUT2D eigenvalue weighted by Gasteiger charge is 2.26. The molecule has 1 aliphatic heterocycles. The summed E-state index contributed by atoms with van der Waals surface area (Å²) in [4.78, 5) is 36.0. The molecule has 3 amide bonds. The number of imide groups is 1. The van der Waals surface area contributed by atoms with Crippen molar-refractivity contribution in [2.75, 3.05) is 33.4 Å². The standard InChI is InChI=1S/C19H23ClN2O6/c1-12(2)10-28-18-14(20)8-13(9-15(18)26-3)4-5-17(24)27-11-16(23)22-7-6-21-19(22)25/h4-5,8-9,12H,6-7,10-11H2,1-3H3,(H,21,25)/b5-4+. The van der Waals surface area contributed by atoms with Gasteiger partial charge in [0.15, 0.2) is 18.1 Å². The fourth-order valence-electron chi connectivity index (χ4n) is 2.36. The van der Waals surface area contributed by atoms with Gasteiger partial charge in [0.25, 0.3) is 5.91 Å². The minimum Gasteiger partial charge on any atom is -0.493 e. The number of esters is 1. The van der Waals surface area contributed by atoms with Gasteiger partial charge in [-0.2, -0.15) is 0 Å². The molecule has 0 unspecified atom stereocenters. The summed E-state index contributed by atoms with van der Waals surface area (Å²) in [6.45, 7) is 4.66. The Kier molecular flexibility index (Phi) is 7.69. The summed E-state index contributed by atoms with van der Waals surface area (Å²) in [5, 5.41) is 2.85. The van der Waals surface area contributed by atoms with Gasteiger partial charge < -0.3 is 19.5 Å². The first-order valence-corrected chi connectivity index (χ1v) is 9.13. The lowest BCUT2D eigenvalue weighted by atomic mass is 10.2. The quantitative estimate of drug-likeness (QED) is 0.522. The molecular formula is C19H23ClN2O6. The van der Waals surface area contributed by atoms with E-state index in [4.69, 9.17) is 25.8 Å². The van der Waals surface area contributed by atoms with Crippen LogP contribution in [0.25, 0.3) is 6.08 Å². The van der Waals surface area contributed by atoms with E-state index in [9.17, 15) is 14.4 Å². The SMILES string of the molecule is COc1cc(/C=C/C(=O)OCC(=O)N2CCNC2=O)cc(Cl)c1OCC(C)C. The average molecular weight is 411 g/mol. The van der Waals surface area contributed by atoms with Gasteiger partial charge in [-0.1, -0.05) is 25.4 Å². The van der Waals surface area contributed by atoms with Crippen LogP contribution in [0.15, 0.2) is 18.2 Å². The topological polar surface area (TPSA) is 94.2 Å². The van der Waals surface area contributed by atoms with Gasteiger partial charge in [0.1, 0.15) is 0 Å². The van der Waals surface area contributed by atoms with Crippen molar-refractivity contribution in [3.63, 3.8) is 0 Å². The predicted molar refractivity (Wildman–Crippen MR) is 103 cm³/mol. The predicted octanol–water partition coefficient (Wildman–Crippen LogP) is 2.49. The highest BCUT2D eigenvalue weighted by molar-refractivity contribution is 6.32. The van der Waals surface area contributed by atoms with E-state index in [1.807, 2.05) is 13.8 Å². The Morgan fingerprint density at radius 1 is 1.36 bits per heavy atom. The molecule has 152 valence electrons. The Morgan fingerprint density at radius 3 is 2.71 bits per heavy atom. The van der Waals surface area contributed by atoms with Crippen LogP contribution in [0.5, 0.6) is 11.5 Å². The van der Waals surface area contributed by atoms with E-state index in [1.165, 1.54) is 13.2 Å². The monoisotopic (exact) mass is 410 g/mol. The van der Waals surface area contributed by atoms with Gasteiger partial charge in [0.2, 0.25) is 0 Å². The molecular weight excluding hydrogens is 388 g/mol. The summed E-state index contributed by atoms with van der Waals surface area (Å²) in [6, 6.07) is 2.81. The highest BCUT2D eigenvalue weighted by Crippen LogP contribution is 2.37. The maximum absolute atomic E-state index is 11.8. The third kappa shape index (κ3) is 5.88. The van der Waals surface area contributed by atoms with Crippen LogP contribution in [-0.2, 0) is 14.3 Å². The molecule has 0 spiro atoms. The number of rotatable bonds is 8. The average Bonchev–Trinajstić information content (AvgIpc) is 3.08. The van der Waals surface area contributed by atoms with Gasteiger partial charge >= 0.3 is 12.0 Å². The number of urea groups is 1. The first kappa shape index (κ1) is 21.6. The fraction of sp³-hybridized carbons (Fsp3) is 0.421. The summed E-state index contributed by atoms with van der Waals surface area (Å²) in [5.41, 5.74) is 0.598. The fourth-order valence-corrected chi connectivity index (χ4v) is 2.63. The number of nitrogens with one attached hydrogen (secondary N) is 1. The van der Waals surface area contributed by atoms with Crippen molar-refractivity contribution in [2.45, 2.75) is 13.8 Å². The van der Waals surface area contributed by atoms with Crippen molar-refractivity contribution in [2.24, 2.45) is 5.92 Å². The minimum absolute atomic E-state index is 0.259. The van der Waals surface area contributed by atoms with Crippen molar-refractivity contribution in [3.05, 3.63) is 28.8 Å². The second-order valence-corrected chi connectivity index (χ2v) is 6.86. The number of amides is 3. The van der Waals surface area contributed by atoms with Crippen LogP contribution >= 0.6 is 11.6 Å². The van der Waals surface area contributed by atoms with E-state index in [2.05, 4.69) is 5.32 Å². The molecule has 1 aliphatic rings. The van der Waals surface area contributed by atoms with E-state index in [0.717, 1.165) is 11.0 Å². The van der Waals surface area contributed by atoms with Crippen LogP contribution in [0.3, 0.4) is 0 Å². The Morgan fingerprint density at radius 2 is 2.11 bits per heavy atom. The highest BCUT2D eigenvalue weighted by atomic mass is 35.5. The molecule has 1 aromatic carbocycles. The summed E-state index contributed by atoms with van der Waals surface area (Å²) in [5.74, 6) is -0.0933. The second-order valence-electron chi connectivity index (χ2n) is 6.46. The molecule has 0 aliphatic carbocycles. The Balaban J connectivity index is 1.96. The van der Waals surface area contributed by atoms with Crippen molar-refractivity contribution in [1.82, 2.24) is 10.2 Å². The number of hydrogen-bond acceptors (Lipinski definition) is 6. The molecule has 1 fully saturated rings. The third-order valence-corrected chi connectivity index (χ3v) is 4.00. The molecule has 0 saturated carbocycles. The van der Waals surface area contributed by atoms with Crippen LogP contribution in [-0.4, -0.2) is 56.2 Å². The Labute approximate surface area is 168 Å². The molecule has 0 aromatic heterocycles. The van der Waals surface area contributed by atoms with Crippen molar-refractivity contribution < 1.29 is 28.6 Å². The zero-order valence-corrected chi connectivity index (χ0v) is 16.7. The number of ether oxygens (including phenoxy) is 3. The zero-order valence-electron chi connectivity index (χ0n) is 16.0. The van der Waals surface area contributed by atoms with E-state index in [1.54, 1.807) is 12.1 Å². The largest absolute Gasteiger partial charge is 0.493 e. The maximum Gasteiger partial charge on any atom is 0.331 e. The number of hydrogen-bond donors (Lipinski definition) is 1. The van der Waals surface area contributed by atoms with Gasteiger partial charge in [-0.3, -0.25) is 9.69 Å². The Bertz CT molecular complexity index is 778. The van der Waals surface area contributed by atoms with Crippen LogP contribution in [0.4, 0.5) is 4.79 Å². The van der Waals surface area contributed by atoms with Crippen molar-refractivity contribution >= 4 is 35.6 Å². The molecule has 2 rings (SSSR count). The third-order valence-electron chi connectivity index (χ3n) is 3.72. The van der Waals surface area contributed by atoms with Crippen LogP contribution in [0.1, 0.15) is 19.4 Å². The van der Waals surface area contributed by atoms with E-state index in [-0.39, 0.29) is 6.54 Å². The summed E-state index contributed by atoms with van der Waals surface area (Å²) < 4.78 is 15.9. The van der Waals surface area contributed by atoms with Crippen LogP contribution in [0.2, 0.25) is 5.02 Å². The summed E-state index contributed by atoms with van der Waals surface area (Å²) in [6.07, 6.45) is 2.65. The molecule has 9 heteroatoms. The normalized spacial score (nSPS) is 13.8. The smallest absolute Gasteiger partial charge is 0.331 e.